The van der Waals surface area contributed by atoms with Gasteiger partial charge in [-0.3, -0.25) is 4.79 Å². The van der Waals surface area contributed by atoms with E-state index in [-0.39, 0.29) is 37.7 Å². The molecule has 1 saturated heterocycles. The lowest BCUT2D eigenvalue weighted by molar-refractivity contribution is -0.165. The van der Waals surface area contributed by atoms with E-state index >= 15 is 0 Å². The molecule has 2 fully saturated rings. The van der Waals surface area contributed by atoms with Crippen molar-refractivity contribution in [3.05, 3.63) is 35.6 Å². The Morgan fingerprint density at radius 3 is 2.18 bits per heavy atom. The van der Waals surface area contributed by atoms with Gasteiger partial charge in [0.05, 0.1) is 5.41 Å². The lowest BCUT2D eigenvalue weighted by Gasteiger charge is -2.37. The first-order chi connectivity index (χ1) is 10.4. The number of hydrogen-bond acceptors (Lipinski definition) is 3. The van der Waals surface area contributed by atoms with Crippen molar-refractivity contribution in [1.29, 1.82) is 0 Å². The van der Waals surface area contributed by atoms with Crippen molar-refractivity contribution < 1.29 is 24.2 Å². The number of aliphatic carboxylic acids is 1. The zero-order chi connectivity index (χ0) is 16.0. The van der Waals surface area contributed by atoms with Crippen LogP contribution in [0.2, 0.25) is 0 Å². The third kappa shape index (κ3) is 2.27. The molecule has 0 unspecified atom stereocenters. The lowest BCUT2D eigenvalue weighted by atomic mass is 9.88. The molecule has 0 bridgehead atoms. The van der Waals surface area contributed by atoms with E-state index in [0.29, 0.717) is 18.4 Å². The Bertz CT molecular complexity index is 618. The number of rotatable bonds is 3. The van der Waals surface area contributed by atoms with E-state index in [1.165, 1.54) is 6.07 Å². The summed E-state index contributed by atoms with van der Waals surface area (Å²) in [6.45, 7) is 0.357. The fourth-order valence-electron chi connectivity index (χ4n) is 3.17. The van der Waals surface area contributed by atoms with Crippen LogP contribution in [-0.2, 0) is 15.0 Å². The Morgan fingerprint density at radius 2 is 1.68 bits per heavy atom. The van der Waals surface area contributed by atoms with E-state index < -0.39 is 17.0 Å². The van der Waals surface area contributed by atoms with Crippen LogP contribution in [0, 0.1) is 5.82 Å². The summed E-state index contributed by atoms with van der Waals surface area (Å²) in [6, 6.07) is 6.29. The highest BCUT2D eigenvalue weighted by atomic mass is 19.1. The molecule has 0 radical (unpaired) electrons. The molecule has 2 N–H and O–H groups in total. The molecule has 2 aliphatic rings. The van der Waals surface area contributed by atoms with Gasteiger partial charge < -0.3 is 15.1 Å². The van der Waals surface area contributed by atoms with Crippen molar-refractivity contribution in [2.45, 2.75) is 36.7 Å². The number of benzene rings is 1. The second kappa shape index (κ2) is 5.05. The predicted molar refractivity (Wildman–Crippen MR) is 75.7 cm³/mol. The number of hydrogen-bond donors (Lipinski definition) is 2. The van der Waals surface area contributed by atoms with Gasteiger partial charge in [0.15, 0.2) is 5.60 Å². The zero-order valence-corrected chi connectivity index (χ0v) is 12.1. The zero-order valence-electron chi connectivity index (χ0n) is 12.1. The molecule has 0 atom stereocenters. The van der Waals surface area contributed by atoms with Gasteiger partial charge in [-0.1, -0.05) is 18.2 Å². The standard InChI is InChI=1S/C16H18FNO4/c17-12-4-2-1-3-11(12)15(5-6-15)13(19)18-9-7-16(22,8-10-18)14(20)21/h1-4,22H,5-10H2,(H,20,21). The van der Waals surface area contributed by atoms with Crippen LogP contribution in [0.5, 0.6) is 0 Å². The summed E-state index contributed by atoms with van der Waals surface area (Å²) in [5.41, 5.74) is -2.14. The number of aliphatic hydroxyl groups is 1. The molecule has 3 rings (SSSR count). The van der Waals surface area contributed by atoms with Crippen LogP contribution in [0.25, 0.3) is 0 Å². The summed E-state index contributed by atoms with van der Waals surface area (Å²) in [7, 11) is 0. The molecule has 1 aromatic rings. The number of carboxylic acids is 1. The summed E-state index contributed by atoms with van der Waals surface area (Å²) in [4.78, 5) is 25.3. The van der Waals surface area contributed by atoms with Gasteiger partial charge in [0, 0.05) is 31.5 Å². The van der Waals surface area contributed by atoms with E-state index in [9.17, 15) is 19.1 Å². The molecule has 22 heavy (non-hydrogen) atoms. The van der Waals surface area contributed by atoms with E-state index in [0.717, 1.165) is 0 Å². The molecule has 0 aromatic heterocycles. The summed E-state index contributed by atoms with van der Waals surface area (Å²) < 4.78 is 14.0. The molecule has 5 nitrogen and oxygen atoms in total. The van der Waals surface area contributed by atoms with Crippen molar-refractivity contribution in [1.82, 2.24) is 4.90 Å². The Labute approximate surface area is 127 Å². The van der Waals surface area contributed by atoms with Gasteiger partial charge in [0.1, 0.15) is 5.82 Å². The Morgan fingerprint density at radius 1 is 1.09 bits per heavy atom. The Balaban J connectivity index is 1.76. The molecular weight excluding hydrogens is 289 g/mol. The molecule has 1 amide bonds. The van der Waals surface area contributed by atoms with Crippen LogP contribution in [0.3, 0.4) is 0 Å². The summed E-state index contributed by atoms with van der Waals surface area (Å²) >= 11 is 0. The first-order valence-corrected chi connectivity index (χ1v) is 7.39. The highest BCUT2D eigenvalue weighted by Crippen LogP contribution is 2.50. The SMILES string of the molecule is O=C(O)C1(O)CCN(C(=O)C2(c3ccccc3F)CC2)CC1. The van der Waals surface area contributed by atoms with E-state index in [1.807, 2.05) is 0 Å². The van der Waals surface area contributed by atoms with Crippen molar-refractivity contribution in [3.63, 3.8) is 0 Å². The normalized spacial score (nSPS) is 22.2. The third-order valence-corrected chi connectivity index (χ3v) is 4.82. The summed E-state index contributed by atoms with van der Waals surface area (Å²) in [6.07, 6.45) is 1.21. The number of likely N-dealkylation sites (tertiary alicyclic amines) is 1. The minimum atomic E-state index is -1.76. The maximum atomic E-state index is 14.0. The monoisotopic (exact) mass is 307 g/mol. The second-order valence-electron chi connectivity index (χ2n) is 6.19. The Hall–Kier alpha value is -1.95. The highest BCUT2D eigenvalue weighted by molar-refractivity contribution is 5.91. The van der Waals surface area contributed by atoms with Gasteiger partial charge >= 0.3 is 5.97 Å². The number of carbonyl (C=O) groups excluding carboxylic acids is 1. The average Bonchev–Trinajstić information content (AvgIpc) is 3.29. The molecule has 1 aliphatic heterocycles. The molecule has 1 saturated carbocycles. The highest BCUT2D eigenvalue weighted by Gasteiger charge is 2.55. The van der Waals surface area contributed by atoms with Crippen LogP contribution in [-0.4, -0.2) is 45.7 Å². The largest absolute Gasteiger partial charge is 0.479 e. The predicted octanol–water partition coefficient (Wildman–Crippen LogP) is 1.30. The van der Waals surface area contributed by atoms with E-state index in [1.54, 1.807) is 23.1 Å². The quantitative estimate of drug-likeness (QED) is 0.882. The lowest BCUT2D eigenvalue weighted by Crippen LogP contribution is -2.52. The van der Waals surface area contributed by atoms with Gasteiger partial charge in [0.2, 0.25) is 5.91 Å². The summed E-state index contributed by atoms with van der Waals surface area (Å²) in [5, 5.41) is 18.9. The van der Waals surface area contributed by atoms with Crippen LogP contribution < -0.4 is 0 Å². The van der Waals surface area contributed by atoms with Gasteiger partial charge in [-0.05, 0) is 18.9 Å². The maximum Gasteiger partial charge on any atom is 0.335 e. The third-order valence-electron chi connectivity index (χ3n) is 4.82. The fraction of sp³-hybridized carbons (Fsp3) is 0.500. The summed E-state index contributed by atoms with van der Waals surface area (Å²) in [5.74, 6) is -1.80. The van der Waals surface area contributed by atoms with Gasteiger partial charge in [-0.25, -0.2) is 9.18 Å². The molecular formula is C16H18FNO4. The molecule has 1 heterocycles. The molecule has 0 spiro atoms. The van der Waals surface area contributed by atoms with Crippen LogP contribution in [0.4, 0.5) is 4.39 Å². The second-order valence-corrected chi connectivity index (χ2v) is 6.19. The molecule has 118 valence electrons. The topological polar surface area (TPSA) is 77.8 Å². The first kappa shape index (κ1) is 15.0. The van der Waals surface area contributed by atoms with Crippen LogP contribution in [0.1, 0.15) is 31.2 Å². The van der Waals surface area contributed by atoms with Gasteiger partial charge in [-0.15, -0.1) is 0 Å². The molecule has 6 heteroatoms. The van der Waals surface area contributed by atoms with Crippen LogP contribution >= 0.6 is 0 Å². The minimum Gasteiger partial charge on any atom is -0.479 e. The van der Waals surface area contributed by atoms with Gasteiger partial charge in [-0.2, -0.15) is 0 Å². The molecule has 1 aromatic carbocycles. The van der Waals surface area contributed by atoms with Crippen molar-refractivity contribution in [3.8, 4) is 0 Å². The Kier molecular flexibility index (Phi) is 3.44. The van der Waals surface area contributed by atoms with E-state index in [2.05, 4.69) is 0 Å². The van der Waals surface area contributed by atoms with Crippen molar-refractivity contribution in [2.75, 3.05) is 13.1 Å². The number of carboxylic acid groups (broad SMARTS) is 1. The fourth-order valence-corrected chi connectivity index (χ4v) is 3.17. The number of carbonyl (C=O) groups is 2. The average molecular weight is 307 g/mol. The molecule has 1 aliphatic carbocycles. The van der Waals surface area contributed by atoms with Crippen molar-refractivity contribution in [2.24, 2.45) is 0 Å². The van der Waals surface area contributed by atoms with Crippen molar-refractivity contribution >= 4 is 11.9 Å². The maximum absolute atomic E-state index is 14.0. The number of piperidine rings is 1. The van der Waals surface area contributed by atoms with Crippen LogP contribution in [0.15, 0.2) is 24.3 Å². The number of amides is 1. The smallest absolute Gasteiger partial charge is 0.335 e. The first-order valence-electron chi connectivity index (χ1n) is 7.39. The van der Waals surface area contributed by atoms with Gasteiger partial charge in [0.25, 0.3) is 0 Å². The number of nitrogens with zero attached hydrogens (tertiary/aromatic N) is 1. The number of halogens is 1. The minimum absolute atomic E-state index is 0.00141. The van der Waals surface area contributed by atoms with E-state index in [4.69, 9.17) is 5.11 Å².